The number of pyridine rings is 1. The quantitative estimate of drug-likeness (QED) is 0.0648. The fourth-order valence-corrected chi connectivity index (χ4v) is 8.50. The van der Waals surface area contributed by atoms with Gasteiger partial charge in [0, 0.05) is 56.8 Å². The first kappa shape index (κ1) is 48.8. The fraction of sp³-hybridized carbons (Fsp3) is 0.408. The number of anilines is 3. The Morgan fingerprint density at radius 1 is 0.841 bits per heavy atom. The second-order valence-electron chi connectivity index (χ2n) is 16.6. The largest absolute Gasteiger partial charge is 0.491 e. The van der Waals surface area contributed by atoms with Gasteiger partial charge in [0.15, 0.2) is 18.2 Å². The molecule has 0 spiro atoms. The van der Waals surface area contributed by atoms with Gasteiger partial charge >= 0.3 is 0 Å². The van der Waals surface area contributed by atoms with Gasteiger partial charge in [-0.25, -0.2) is 4.98 Å². The van der Waals surface area contributed by atoms with Crippen LogP contribution in [0.25, 0.3) is 22.0 Å². The van der Waals surface area contributed by atoms with E-state index in [9.17, 15) is 24.0 Å². The molecule has 2 saturated heterocycles. The highest BCUT2D eigenvalue weighted by Crippen LogP contribution is 2.33. The van der Waals surface area contributed by atoms with Crippen molar-refractivity contribution in [3.05, 3.63) is 99.4 Å². The summed E-state index contributed by atoms with van der Waals surface area (Å²) < 4.78 is 36.0. The van der Waals surface area contributed by atoms with E-state index in [0.29, 0.717) is 118 Å². The number of likely N-dealkylation sites (N-methyl/N-ethyl adjacent to an activating group) is 1. The summed E-state index contributed by atoms with van der Waals surface area (Å²) in [6.07, 6.45) is 3.81. The van der Waals surface area contributed by atoms with Gasteiger partial charge in [-0.3, -0.25) is 29.3 Å². The molecule has 1 unspecified atom stereocenters. The normalized spacial score (nSPS) is 16.2. The van der Waals surface area contributed by atoms with Crippen LogP contribution in [0.4, 0.5) is 17.5 Å². The zero-order valence-electron chi connectivity index (χ0n) is 38.5. The molecule has 2 aromatic heterocycles. The van der Waals surface area contributed by atoms with E-state index < -0.39 is 11.9 Å². The number of nitrogens with one attached hydrogen (secondary N) is 3. The third kappa shape index (κ3) is 12.3. The minimum atomic E-state index is -0.651. The third-order valence-electron chi connectivity index (χ3n) is 12.1. The second kappa shape index (κ2) is 23.1. The minimum absolute atomic E-state index is 0.0684. The average molecular weight is 967 g/mol. The standard InChI is InChI=1S/C49H55ClN8O11/c1-51-44(60)30-69-42-27-33-25-35(7-9-40(33)56(2)48(42)63)53-45-39(50)28-52-49(55-45)57-14-12-36(13-15-57)67-22-20-65-18-16-64-17-19-66-21-23-68-37-5-3-4-31(26-37)32-6-8-38-34(24-32)29-58(47(38)62)41-10-11-43(59)54-46(41)61/h3-9,24-28,36,41H,10-23,29-30H2,1-2H3,(H,51,60)(H,52,53,55)(H,54,59,61). The summed E-state index contributed by atoms with van der Waals surface area (Å²) in [5.74, 6) is 0.477. The maximum absolute atomic E-state index is 13.1. The number of halogens is 1. The van der Waals surface area contributed by atoms with Crippen molar-refractivity contribution in [3.8, 4) is 22.6 Å². The molecule has 3 N–H and O–H groups in total. The molecule has 5 aromatic rings. The van der Waals surface area contributed by atoms with Crippen molar-refractivity contribution in [1.82, 2.24) is 30.1 Å². The van der Waals surface area contributed by atoms with Crippen LogP contribution in [-0.4, -0.2) is 135 Å². The van der Waals surface area contributed by atoms with Crippen molar-refractivity contribution in [1.29, 1.82) is 0 Å². The Morgan fingerprint density at radius 3 is 2.33 bits per heavy atom. The number of ether oxygens (including phenoxy) is 6. The SMILES string of the molecule is CNC(=O)COc1cc2cc(Nc3nc(N4CCC(OCCOCCOCCOCCOc5cccc(-c6ccc7c(c6)CN(C6CCC(=O)NC6=O)C7=O)c5)CC4)ncc3Cl)ccc2n(C)c1=O. The number of hydrogen-bond donors (Lipinski definition) is 3. The zero-order chi connectivity index (χ0) is 48.3. The predicted molar refractivity (Wildman–Crippen MR) is 256 cm³/mol. The number of benzene rings is 3. The van der Waals surface area contributed by atoms with Crippen molar-refractivity contribution in [3.63, 3.8) is 0 Å². The molecule has 5 heterocycles. The number of aryl methyl sites for hydroxylation is 1. The summed E-state index contributed by atoms with van der Waals surface area (Å²) in [6, 6.07) is 19.8. The summed E-state index contributed by atoms with van der Waals surface area (Å²) in [5.41, 5.74) is 4.31. The van der Waals surface area contributed by atoms with Gasteiger partial charge in [-0.1, -0.05) is 29.8 Å². The number of fused-ring (bicyclic) bond motifs is 2. The molecule has 2 fully saturated rings. The van der Waals surface area contributed by atoms with Crippen LogP contribution in [0.3, 0.4) is 0 Å². The second-order valence-corrected chi connectivity index (χ2v) is 17.0. The summed E-state index contributed by atoms with van der Waals surface area (Å²) >= 11 is 6.52. The summed E-state index contributed by atoms with van der Waals surface area (Å²) in [4.78, 5) is 74.4. The van der Waals surface area contributed by atoms with Crippen LogP contribution in [0.5, 0.6) is 11.5 Å². The first-order chi connectivity index (χ1) is 33.5. The van der Waals surface area contributed by atoms with Crippen LogP contribution in [-0.2, 0) is 46.9 Å². The Morgan fingerprint density at radius 2 is 1.58 bits per heavy atom. The van der Waals surface area contributed by atoms with E-state index in [1.165, 1.54) is 11.6 Å². The van der Waals surface area contributed by atoms with E-state index >= 15 is 0 Å². The zero-order valence-corrected chi connectivity index (χ0v) is 39.3. The Hall–Kier alpha value is -6.64. The van der Waals surface area contributed by atoms with Gasteiger partial charge in [0.05, 0.1) is 64.1 Å². The number of amides is 4. The number of carbonyl (C=O) groups excluding carboxylic acids is 4. The third-order valence-corrected chi connectivity index (χ3v) is 12.3. The molecule has 3 aliphatic rings. The Balaban J connectivity index is 0.670. The summed E-state index contributed by atoms with van der Waals surface area (Å²) in [6.45, 7) is 4.88. The van der Waals surface area contributed by atoms with Crippen molar-refractivity contribution in [2.45, 2.75) is 44.4 Å². The van der Waals surface area contributed by atoms with E-state index in [-0.39, 0.29) is 48.2 Å². The molecule has 3 aliphatic heterocycles. The summed E-state index contributed by atoms with van der Waals surface area (Å²) in [7, 11) is 3.15. The topological polar surface area (TPSA) is 214 Å². The lowest BCUT2D eigenvalue weighted by Gasteiger charge is -2.32. The van der Waals surface area contributed by atoms with Crippen LogP contribution in [0.15, 0.2) is 77.7 Å². The van der Waals surface area contributed by atoms with E-state index in [4.69, 9.17) is 45.0 Å². The number of nitrogens with zero attached hydrogens (tertiary/aromatic N) is 5. The van der Waals surface area contributed by atoms with Gasteiger partial charge in [-0.2, -0.15) is 4.98 Å². The lowest BCUT2D eigenvalue weighted by atomic mass is 10.0. The van der Waals surface area contributed by atoms with Crippen molar-refractivity contribution >= 4 is 63.6 Å². The molecule has 8 rings (SSSR count). The van der Waals surface area contributed by atoms with Gasteiger partial charge in [0.1, 0.15) is 23.4 Å². The monoisotopic (exact) mass is 966 g/mol. The smallest absolute Gasteiger partial charge is 0.293 e. The van der Waals surface area contributed by atoms with Crippen LogP contribution >= 0.6 is 11.6 Å². The molecule has 69 heavy (non-hydrogen) atoms. The van der Waals surface area contributed by atoms with Gasteiger partial charge in [-0.05, 0) is 84.5 Å². The Bertz CT molecular complexity index is 2730. The molecule has 364 valence electrons. The molecule has 20 heteroatoms. The molecule has 0 saturated carbocycles. The lowest BCUT2D eigenvalue weighted by molar-refractivity contribution is -0.137. The molecule has 1 atom stereocenters. The highest BCUT2D eigenvalue weighted by atomic mass is 35.5. The van der Waals surface area contributed by atoms with Crippen LogP contribution in [0, 0.1) is 0 Å². The Labute approximate surface area is 403 Å². The van der Waals surface area contributed by atoms with Crippen molar-refractivity contribution < 1.29 is 47.6 Å². The summed E-state index contributed by atoms with van der Waals surface area (Å²) in [5, 5.41) is 9.17. The molecular formula is C49H55ClN8O11. The van der Waals surface area contributed by atoms with Crippen LogP contribution < -0.4 is 35.9 Å². The molecule has 19 nitrogen and oxygen atoms in total. The van der Waals surface area contributed by atoms with Crippen LogP contribution in [0.2, 0.25) is 5.02 Å². The molecule has 4 amide bonds. The van der Waals surface area contributed by atoms with Gasteiger partial charge in [0.25, 0.3) is 17.4 Å². The van der Waals surface area contributed by atoms with Crippen molar-refractivity contribution in [2.24, 2.45) is 7.05 Å². The maximum atomic E-state index is 13.1. The van der Waals surface area contributed by atoms with Gasteiger partial charge < -0.3 is 53.4 Å². The van der Waals surface area contributed by atoms with E-state index in [1.807, 2.05) is 54.6 Å². The first-order valence-electron chi connectivity index (χ1n) is 22.9. The number of aromatic nitrogens is 3. The fourth-order valence-electron chi connectivity index (χ4n) is 8.36. The number of imide groups is 1. The van der Waals surface area contributed by atoms with E-state index in [1.54, 1.807) is 30.3 Å². The lowest BCUT2D eigenvalue weighted by Crippen LogP contribution is -2.52. The molecule has 0 radical (unpaired) electrons. The van der Waals surface area contributed by atoms with Crippen LogP contribution in [0.1, 0.15) is 41.6 Å². The van der Waals surface area contributed by atoms with E-state index in [0.717, 1.165) is 34.9 Å². The molecular weight excluding hydrogens is 912 g/mol. The number of hydrogen-bond acceptors (Lipinski definition) is 15. The maximum Gasteiger partial charge on any atom is 0.293 e. The average Bonchev–Trinajstić information content (AvgIpc) is 3.68. The number of rotatable bonds is 22. The number of carbonyl (C=O) groups is 4. The highest BCUT2D eigenvalue weighted by Gasteiger charge is 2.39. The predicted octanol–water partition coefficient (Wildman–Crippen LogP) is 4.39. The minimum Gasteiger partial charge on any atom is -0.491 e. The highest BCUT2D eigenvalue weighted by molar-refractivity contribution is 6.33. The first-order valence-corrected chi connectivity index (χ1v) is 23.3. The van der Waals surface area contributed by atoms with Crippen molar-refractivity contribution in [2.75, 3.05) is 89.8 Å². The molecule has 3 aromatic carbocycles. The molecule has 0 aliphatic carbocycles. The van der Waals surface area contributed by atoms with Gasteiger partial charge in [0.2, 0.25) is 17.8 Å². The van der Waals surface area contributed by atoms with Gasteiger partial charge in [-0.15, -0.1) is 0 Å². The number of piperidine rings is 2. The Kier molecular flexibility index (Phi) is 16.3. The van der Waals surface area contributed by atoms with E-state index in [2.05, 4.69) is 25.8 Å². The molecule has 0 bridgehead atoms.